The summed E-state index contributed by atoms with van der Waals surface area (Å²) in [6.45, 7) is 18.8. The molecular formula is C19H36N2. The Balaban J connectivity index is 0.000000713. The lowest BCUT2D eigenvalue weighted by atomic mass is 10.0. The van der Waals surface area contributed by atoms with Crippen LogP contribution in [0.25, 0.3) is 0 Å². The Labute approximate surface area is 133 Å². The second kappa shape index (κ2) is 12.8. The molecule has 0 aromatic rings. The van der Waals surface area contributed by atoms with Gasteiger partial charge in [0.15, 0.2) is 0 Å². The zero-order valence-electron chi connectivity index (χ0n) is 14.9. The summed E-state index contributed by atoms with van der Waals surface area (Å²) in [6, 6.07) is 0.747. The molecule has 2 heteroatoms. The maximum absolute atomic E-state index is 3.78. The van der Waals surface area contributed by atoms with Gasteiger partial charge in [-0.25, -0.2) is 0 Å². The highest BCUT2D eigenvalue weighted by Crippen LogP contribution is 2.26. The number of fused-ring (bicyclic) bond motifs is 2. The number of piperidine rings is 1. The fourth-order valence-electron chi connectivity index (χ4n) is 2.86. The lowest BCUT2D eigenvalue weighted by molar-refractivity contribution is 0.276. The van der Waals surface area contributed by atoms with Crippen LogP contribution in [0.2, 0.25) is 0 Å². The van der Waals surface area contributed by atoms with Crippen molar-refractivity contribution in [3.05, 3.63) is 36.5 Å². The minimum absolute atomic E-state index is 0.747. The van der Waals surface area contributed by atoms with Gasteiger partial charge in [-0.3, -0.25) is 4.90 Å². The van der Waals surface area contributed by atoms with Crippen LogP contribution in [0.5, 0.6) is 0 Å². The lowest BCUT2D eigenvalue weighted by Gasteiger charge is -2.25. The van der Waals surface area contributed by atoms with Gasteiger partial charge in [-0.2, -0.15) is 0 Å². The highest BCUT2D eigenvalue weighted by Gasteiger charge is 2.34. The fourth-order valence-corrected chi connectivity index (χ4v) is 2.86. The number of nitrogens with one attached hydrogen (secondary N) is 1. The van der Waals surface area contributed by atoms with Crippen LogP contribution in [-0.2, 0) is 0 Å². The van der Waals surface area contributed by atoms with Crippen molar-refractivity contribution < 1.29 is 0 Å². The molecule has 2 unspecified atom stereocenters. The first-order valence-electron chi connectivity index (χ1n) is 8.64. The molecule has 2 aliphatic heterocycles. The van der Waals surface area contributed by atoms with E-state index >= 15 is 0 Å². The Bertz CT molecular complexity index is 318. The first kappa shape index (κ1) is 20.1. The summed E-state index contributed by atoms with van der Waals surface area (Å²) in [4.78, 5) is 2.61. The van der Waals surface area contributed by atoms with Crippen LogP contribution < -0.4 is 5.32 Å². The molecule has 0 radical (unpaired) electrons. The second-order valence-corrected chi connectivity index (χ2v) is 5.53. The number of hydrogen-bond acceptors (Lipinski definition) is 2. The average molecular weight is 293 g/mol. The van der Waals surface area contributed by atoms with Crippen molar-refractivity contribution in [3.8, 4) is 0 Å². The third-order valence-electron chi connectivity index (χ3n) is 3.53. The molecule has 2 fully saturated rings. The number of nitrogens with zero attached hydrogens (tertiary/aromatic N) is 1. The molecule has 21 heavy (non-hydrogen) atoms. The van der Waals surface area contributed by atoms with Crippen LogP contribution >= 0.6 is 0 Å². The van der Waals surface area contributed by atoms with E-state index in [1.807, 2.05) is 19.9 Å². The highest BCUT2D eigenvalue weighted by atomic mass is 15.2. The Morgan fingerprint density at radius 1 is 1.29 bits per heavy atom. The van der Waals surface area contributed by atoms with E-state index in [1.165, 1.54) is 31.5 Å². The molecule has 0 amide bonds. The SMILES string of the molecule is C=C/C=C(\C=C/C)CN1CC2CNCC1C2.CC.CCC. The Morgan fingerprint density at radius 2 is 1.95 bits per heavy atom. The zero-order valence-corrected chi connectivity index (χ0v) is 14.9. The lowest BCUT2D eigenvalue weighted by Crippen LogP contribution is -2.39. The number of hydrogen-bond donors (Lipinski definition) is 1. The van der Waals surface area contributed by atoms with Gasteiger partial charge in [-0.1, -0.05) is 65.0 Å². The molecule has 2 saturated heterocycles. The topological polar surface area (TPSA) is 15.3 Å². The van der Waals surface area contributed by atoms with Gasteiger partial charge in [-0.15, -0.1) is 0 Å². The molecular weight excluding hydrogens is 256 g/mol. The standard InChI is InChI=1S/C14H22N2.C3H8.C2H6/c1-3-5-12(6-4-2)10-16-11-13-7-14(16)9-15-8-13;1-3-2;1-2/h3-6,13-15H,1,7-11H2,2H3;3H2,1-2H3;1-2H3/b6-4-,12-5+;;. The summed E-state index contributed by atoms with van der Waals surface area (Å²) in [5.74, 6) is 0.870. The minimum Gasteiger partial charge on any atom is -0.315 e. The Kier molecular flexibility index (Phi) is 12.3. The van der Waals surface area contributed by atoms with Crippen LogP contribution in [-0.4, -0.2) is 37.1 Å². The summed E-state index contributed by atoms with van der Waals surface area (Å²) in [5, 5.41) is 3.51. The third-order valence-corrected chi connectivity index (χ3v) is 3.53. The zero-order chi connectivity index (χ0) is 16.1. The van der Waals surface area contributed by atoms with Crippen molar-refractivity contribution >= 4 is 0 Å². The van der Waals surface area contributed by atoms with E-state index in [1.54, 1.807) is 0 Å². The number of rotatable bonds is 4. The predicted octanol–water partition coefficient (Wildman–Crippen LogP) is 4.41. The fraction of sp³-hybridized carbons (Fsp3) is 0.684. The van der Waals surface area contributed by atoms with Crippen LogP contribution in [0, 0.1) is 5.92 Å². The predicted molar refractivity (Wildman–Crippen MR) is 96.7 cm³/mol. The van der Waals surface area contributed by atoms with Crippen LogP contribution in [0.1, 0.15) is 47.5 Å². The molecule has 0 aromatic heterocycles. The molecule has 2 atom stereocenters. The van der Waals surface area contributed by atoms with Gasteiger partial charge in [0.25, 0.3) is 0 Å². The summed E-state index contributed by atoms with van der Waals surface area (Å²) in [7, 11) is 0. The van der Waals surface area contributed by atoms with Crippen molar-refractivity contribution in [1.29, 1.82) is 0 Å². The van der Waals surface area contributed by atoms with Crippen molar-refractivity contribution in [1.82, 2.24) is 10.2 Å². The molecule has 2 rings (SSSR count). The molecule has 2 bridgehead atoms. The largest absolute Gasteiger partial charge is 0.315 e. The molecule has 122 valence electrons. The molecule has 1 N–H and O–H groups in total. The molecule has 0 aromatic carbocycles. The van der Waals surface area contributed by atoms with Gasteiger partial charge in [0.1, 0.15) is 0 Å². The van der Waals surface area contributed by atoms with Gasteiger partial charge >= 0.3 is 0 Å². The first-order chi connectivity index (χ1) is 10.2. The van der Waals surface area contributed by atoms with Crippen LogP contribution in [0.4, 0.5) is 0 Å². The normalized spacial score (nSPS) is 24.9. The van der Waals surface area contributed by atoms with Crippen molar-refractivity contribution in [2.24, 2.45) is 5.92 Å². The highest BCUT2D eigenvalue weighted by molar-refractivity contribution is 5.24. The average Bonchev–Trinajstić information content (AvgIpc) is 2.76. The van der Waals surface area contributed by atoms with Crippen molar-refractivity contribution in [3.63, 3.8) is 0 Å². The van der Waals surface area contributed by atoms with E-state index in [0.29, 0.717) is 0 Å². The molecule has 2 aliphatic rings. The van der Waals surface area contributed by atoms with E-state index in [4.69, 9.17) is 0 Å². The molecule has 0 spiro atoms. The van der Waals surface area contributed by atoms with Crippen molar-refractivity contribution in [2.75, 3.05) is 26.2 Å². The maximum atomic E-state index is 3.78. The van der Waals surface area contributed by atoms with E-state index in [0.717, 1.165) is 25.0 Å². The molecule has 2 nitrogen and oxygen atoms in total. The Hall–Kier alpha value is -0.860. The summed E-state index contributed by atoms with van der Waals surface area (Å²) >= 11 is 0. The van der Waals surface area contributed by atoms with E-state index < -0.39 is 0 Å². The van der Waals surface area contributed by atoms with Crippen LogP contribution in [0.3, 0.4) is 0 Å². The molecule has 2 heterocycles. The second-order valence-electron chi connectivity index (χ2n) is 5.53. The summed E-state index contributed by atoms with van der Waals surface area (Å²) in [6.07, 6.45) is 10.9. The van der Waals surface area contributed by atoms with E-state index in [-0.39, 0.29) is 0 Å². The summed E-state index contributed by atoms with van der Waals surface area (Å²) in [5.41, 5.74) is 1.37. The van der Waals surface area contributed by atoms with E-state index in [2.05, 4.69) is 55.8 Å². The van der Waals surface area contributed by atoms with Gasteiger partial charge in [0.2, 0.25) is 0 Å². The Morgan fingerprint density at radius 3 is 2.48 bits per heavy atom. The van der Waals surface area contributed by atoms with Gasteiger partial charge in [-0.05, 0) is 31.4 Å². The van der Waals surface area contributed by atoms with Gasteiger partial charge < -0.3 is 5.32 Å². The minimum atomic E-state index is 0.747. The summed E-state index contributed by atoms with van der Waals surface area (Å²) < 4.78 is 0. The first-order valence-corrected chi connectivity index (χ1v) is 8.64. The molecule has 0 saturated carbocycles. The quantitative estimate of drug-likeness (QED) is 0.772. The van der Waals surface area contributed by atoms with Gasteiger partial charge in [0.05, 0.1) is 0 Å². The number of allylic oxidation sites excluding steroid dienone is 3. The number of likely N-dealkylation sites (tertiary alicyclic amines) is 1. The maximum Gasteiger partial charge on any atom is 0.0237 e. The third kappa shape index (κ3) is 7.63. The smallest absolute Gasteiger partial charge is 0.0237 e. The monoisotopic (exact) mass is 292 g/mol. The van der Waals surface area contributed by atoms with Gasteiger partial charge in [0, 0.05) is 25.7 Å². The van der Waals surface area contributed by atoms with E-state index in [9.17, 15) is 0 Å². The van der Waals surface area contributed by atoms with Crippen LogP contribution in [0.15, 0.2) is 36.5 Å². The van der Waals surface area contributed by atoms with Crippen molar-refractivity contribution in [2.45, 2.75) is 53.5 Å². The molecule has 0 aliphatic carbocycles.